The Morgan fingerprint density at radius 1 is 0.906 bits per heavy atom. The van der Waals surface area contributed by atoms with E-state index in [1.807, 2.05) is 42.5 Å². The number of carbonyl (C=O) groups is 1. The molecule has 0 atom stereocenters. The quantitative estimate of drug-likeness (QED) is 0.225. The van der Waals surface area contributed by atoms with Crippen molar-refractivity contribution in [3.63, 3.8) is 0 Å². The molecule has 0 unspecified atom stereocenters. The Morgan fingerprint density at radius 3 is 2.31 bits per heavy atom. The zero-order valence-electron chi connectivity index (χ0n) is 19.6. The summed E-state index contributed by atoms with van der Waals surface area (Å²) < 4.78 is 16.5. The monoisotopic (exact) mass is 440 g/mol. The normalized spacial score (nSPS) is 10.8. The Kier molecular flexibility index (Phi) is 11.7. The molecule has 6 heteroatoms. The Balaban J connectivity index is 1.75. The Labute approximate surface area is 192 Å². The van der Waals surface area contributed by atoms with Crippen LogP contribution in [0.25, 0.3) is 0 Å². The number of hydrazone groups is 1. The van der Waals surface area contributed by atoms with Crippen molar-refractivity contribution in [2.75, 3.05) is 20.8 Å². The van der Waals surface area contributed by atoms with Crippen LogP contribution in [0.3, 0.4) is 0 Å². The third kappa shape index (κ3) is 9.41. The van der Waals surface area contributed by atoms with E-state index in [0.717, 1.165) is 29.0 Å². The third-order valence-electron chi connectivity index (χ3n) is 5.12. The second-order valence-electron chi connectivity index (χ2n) is 7.70. The lowest BCUT2D eigenvalue weighted by atomic mass is 10.1. The molecule has 1 N–H and O–H groups in total. The first-order chi connectivity index (χ1) is 15.7. The van der Waals surface area contributed by atoms with Gasteiger partial charge in [-0.2, -0.15) is 5.10 Å². The number of hydrogen-bond donors (Lipinski definition) is 1. The summed E-state index contributed by atoms with van der Waals surface area (Å²) in [5, 5.41) is 4.05. The number of nitrogens with one attached hydrogen (secondary N) is 1. The molecule has 0 heterocycles. The largest absolute Gasteiger partial charge is 0.497 e. The maximum Gasteiger partial charge on any atom is 0.244 e. The zero-order chi connectivity index (χ0) is 23.0. The van der Waals surface area contributed by atoms with E-state index in [-0.39, 0.29) is 12.3 Å². The standard InChI is InChI=1S/C26H36N2O4/c1-4-5-6-7-8-9-10-17-32-24-16-13-22(18-25(24)31-3)20-27-28-26(29)19-21-11-14-23(30-2)15-12-21/h11-16,18,20H,4-10,17,19H2,1-3H3,(H,28,29)/b27-20-. The lowest BCUT2D eigenvalue weighted by Gasteiger charge is -2.11. The van der Waals surface area contributed by atoms with Gasteiger partial charge in [0.1, 0.15) is 5.75 Å². The lowest BCUT2D eigenvalue weighted by molar-refractivity contribution is -0.120. The molecular formula is C26H36N2O4. The van der Waals surface area contributed by atoms with Crippen molar-refractivity contribution < 1.29 is 19.0 Å². The summed E-state index contributed by atoms with van der Waals surface area (Å²) in [7, 11) is 3.23. The fourth-order valence-electron chi connectivity index (χ4n) is 3.27. The molecule has 0 aliphatic carbocycles. The molecule has 6 nitrogen and oxygen atoms in total. The molecule has 174 valence electrons. The van der Waals surface area contributed by atoms with Crippen LogP contribution >= 0.6 is 0 Å². The van der Waals surface area contributed by atoms with Gasteiger partial charge in [0.15, 0.2) is 11.5 Å². The van der Waals surface area contributed by atoms with Crippen LogP contribution in [-0.2, 0) is 11.2 Å². The number of carbonyl (C=O) groups excluding carboxylic acids is 1. The van der Waals surface area contributed by atoms with Crippen molar-refractivity contribution in [3.05, 3.63) is 53.6 Å². The van der Waals surface area contributed by atoms with E-state index in [2.05, 4.69) is 17.5 Å². The van der Waals surface area contributed by atoms with Crippen LogP contribution in [0, 0.1) is 0 Å². The SMILES string of the molecule is CCCCCCCCCOc1ccc(/C=N\NC(=O)Cc2ccc(OC)cc2)cc1OC. The highest BCUT2D eigenvalue weighted by atomic mass is 16.5. The molecule has 0 radical (unpaired) electrons. The minimum Gasteiger partial charge on any atom is -0.497 e. The van der Waals surface area contributed by atoms with Gasteiger partial charge in [0.25, 0.3) is 0 Å². The summed E-state index contributed by atoms with van der Waals surface area (Å²) in [6.45, 7) is 2.91. The highest BCUT2D eigenvalue weighted by Crippen LogP contribution is 2.27. The second kappa shape index (κ2) is 14.9. The number of nitrogens with zero attached hydrogens (tertiary/aromatic N) is 1. The molecule has 0 aromatic heterocycles. The lowest BCUT2D eigenvalue weighted by Crippen LogP contribution is -2.19. The second-order valence-corrected chi connectivity index (χ2v) is 7.70. The van der Waals surface area contributed by atoms with Gasteiger partial charge < -0.3 is 14.2 Å². The summed E-state index contributed by atoms with van der Waals surface area (Å²) in [5.74, 6) is 1.95. The first kappa shape index (κ1) is 25.2. The van der Waals surface area contributed by atoms with E-state index in [1.54, 1.807) is 20.4 Å². The average Bonchev–Trinajstić information content (AvgIpc) is 2.81. The zero-order valence-corrected chi connectivity index (χ0v) is 19.6. The van der Waals surface area contributed by atoms with Crippen LogP contribution in [0.15, 0.2) is 47.6 Å². The van der Waals surface area contributed by atoms with E-state index < -0.39 is 0 Å². The van der Waals surface area contributed by atoms with Crippen LogP contribution in [0.2, 0.25) is 0 Å². The maximum absolute atomic E-state index is 12.1. The predicted molar refractivity (Wildman–Crippen MR) is 129 cm³/mol. The van der Waals surface area contributed by atoms with Gasteiger partial charge >= 0.3 is 0 Å². The van der Waals surface area contributed by atoms with E-state index in [4.69, 9.17) is 14.2 Å². The molecule has 0 bridgehead atoms. The van der Waals surface area contributed by atoms with Gasteiger partial charge in [-0.25, -0.2) is 5.43 Å². The van der Waals surface area contributed by atoms with Gasteiger partial charge in [-0.05, 0) is 47.9 Å². The molecule has 32 heavy (non-hydrogen) atoms. The van der Waals surface area contributed by atoms with E-state index in [1.165, 1.54) is 38.5 Å². The van der Waals surface area contributed by atoms with Gasteiger partial charge in [0.05, 0.1) is 33.5 Å². The van der Waals surface area contributed by atoms with E-state index >= 15 is 0 Å². The summed E-state index contributed by atoms with van der Waals surface area (Å²) in [6, 6.07) is 13.0. The molecule has 0 fully saturated rings. The molecular weight excluding hydrogens is 404 g/mol. The average molecular weight is 441 g/mol. The number of ether oxygens (including phenoxy) is 3. The minimum atomic E-state index is -0.187. The van der Waals surface area contributed by atoms with Crippen molar-refractivity contribution in [1.29, 1.82) is 0 Å². The molecule has 0 aliphatic heterocycles. The summed E-state index contributed by atoms with van der Waals surface area (Å²) in [6.07, 6.45) is 10.6. The van der Waals surface area contributed by atoms with Crippen molar-refractivity contribution >= 4 is 12.1 Å². The molecule has 1 amide bonds. The molecule has 0 spiro atoms. The fraction of sp³-hybridized carbons (Fsp3) is 0.462. The predicted octanol–water partition coefficient (Wildman–Crippen LogP) is 5.53. The van der Waals surface area contributed by atoms with Crippen molar-refractivity contribution in [2.24, 2.45) is 5.10 Å². The van der Waals surface area contributed by atoms with Crippen molar-refractivity contribution in [3.8, 4) is 17.2 Å². The molecule has 0 saturated carbocycles. The van der Waals surface area contributed by atoms with Gasteiger partial charge in [0, 0.05) is 0 Å². The van der Waals surface area contributed by atoms with Crippen LogP contribution in [0.4, 0.5) is 0 Å². The van der Waals surface area contributed by atoms with Crippen LogP contribution < -0.4 is 19.6 Å². The number of unbranched alkanes of at least 4 members (excludes halogenated alkanes) is 6. The molecule has 0 aliphatic rings. The first-order valence-corrected chi connectivity index (χ1v) is 11.4. The van der Waals surface area contributed by atoms with E-state index in [0.29, 0.717) is 12.4 Å². The summed E-state index contributed by atoms with van der Waals surface area (Å²) in [4.78, 5) is 12.1. The molecule has 2 aromatic rings. The van der Waals surface area contributed by atoms with Crippen LogP contribution in [0.5, 0.6) is 17.2 Å². The fourth-order valence-corrected chi connectivity index (χ4v) is 3.27. The smallest absolute Gasteiger partial charge is 0.244 e. The molecule has 2 aromatic carbocycles. The summed E-state index contributed by atoms with van der Waals surface area (Å²) in [5.41, 5.74) is 4.26. The molecule has 0 saturated heterocycles. The van der Waals surface area contributed by atoms with Crippen LogP contribution in [-0.4, -0.2) is 32.9 Å². The van der Waals surface area contributed by atoms with Crippen LogP contribution in [0.1, 0.15) is 63.0 Å². The van der Waals surface area contributed by atoms with Crippen molar-refractivity contribution in [1.82, 2.24) is 5.43 Å². The Hall–Kier alpha value is -3.02. The Bertz CT molecular complexity index is 834. The first-order valence-electron chi connectivity index (χ1n) is 11.4. The number of benzene rings is 2. The van der Waals surface area contributed by atoms with Crippen molar-refractivity contribution in [2.45, 2.75) is 58.3 Å². The highest BCUT2D eigenvalue weighted by molar-refractivity contribution is 5.84. The summed E-state index contributed by atoms with van der Waals surface area (Å²) >= 11 is 0. The third-order valence-corrected chi connectivity index (χ3v) is 5.12. The number of hydrogen-bond acceptors (Lipinski definition) is 5. The van der Waals surface area contributed by atoms with Gasteiger partial charge in [-0.1, -0.05) is 57.6 Å². The topological polar surface area (TPSA) is 69.2 Å². The minimum absolute atomic E-state index is 0.187. The van der Waals surface area contributed by atoms with Gasteiger partial charge in [0.2, 0.25) is 5.91 Å². The Morgan fingerprint density at radius 2 is 1.62 bits per heavy atom. The maximum atomic E-state index is 12.1. The number of amides is 1. The van der Waals surface area contributed by atoms with Gasteiger partial charge in [-0.3, -0.25) is 4.79 Å². The van der Waals surface area contributed by atoms with E-state index in [9.17, 15) is 4.79 Å². The number of methoxy groups -OCH3 is 2. The number of rotatable bonds is 15. The highest BCUT2D eigenvalue weighted by Gasteiger charge is 2.06. The van der Waals surface area contributed by atoms with Gasteiger partial charge in [-0.15, -0.1) is 0 Å². The molecule has 2 rings (SSSR count).